The van der Waals surface area contributed by atoms with Crippen molar-refractivity contribution < 1.29 is 19.1 Å². The number of rotatable bonds is 13. The van der Waals surface area contributed by atoms with Crippen molar-refractivity contribution in [3.05, 3.63) is 94.0 Å². The van der Waals surface area contributed by atoms with Gasteiger partial charge in [0.05, 0.1) is 14.2 Å². The van der Waals surface area contributed by atoms with E-state index in [0.717, 1.165) is 21.2 Å². The molecule has 202 valence electrons. The zero-order valence-corrected chi connectivity index (χ0v) is 24.2. The molecule has 0 bridgehead atoms. The summed E-state index contributed by atoms with van der Waals surface area (Å²) in [6.45, 7) is 4.99. The molecule has 0 radical (unpaired) electrons. The first kappa shape index (κ1) is 29.2. The van der Waals surface area contributed by atoms with Crippen LogP contribution in [0, 0.1) is 5.92 Å². The van der Waals surface area contributed by atoms with Crippen LogP contribution in [0.5, 0.6) is 11.5 Å². The molecule has 0 heterocycles. The maximum Gasteiger partial charge on any atom is 0.243 e. The lowest BCUT2D eigenvalue weighted by atomic mass is 10.0. The number of halogens is 1. The van der Waals surface area contributed by atoms with Gasteiger partial charge in [-0.3, -0.25) is 9.59 Å². The van der Waals surface area contributed by atoms with Crippen molar-refractivity contribution in [2.45, 2.75) is 45.7 Å². The Hall–Kier alpha value is -3.32. The van der Waals surface area contributed by atoms with Crippen LogP contribution in [0.25, 0.3) is 0 Å². The third kappa shape index (κ3) is 8.62. The number of methoxy groups -OCH3 is 2. The van der Waals surface area contributed by atoms with Crippen LogP contribution in [-0.4, -0.2) is 43.5 Å². The van der Waals surface area contributed by atoms with Gasteiger partial charge in [0.25, 0.3) is 0 Å². The Kier molecular flexibility index (Phi) is 11.2. The highest BCUT2D eigenvalue weighted by Crippen LogP contribution is 2.28. The second-order valence-electron chi connectivity index (χ2n) is 9.69. The lowest BCUT2D eigenvalue weighted by molar-refractivity contribution is -0.141. The summed E-state index contributed by atoms with van der Waals surface area (Å²) in [6.07, 6.45) is 1.20. The fourth-order valence-electron chi connectivity index (χ4n) is 4.24. The van der Waals surface area contributed by atoms with E-state index in [4.69, 9.17) is 9.47 Å². The highest BCUT2D eigenvalue weighted by molar-refractivity contribution is 9.10. The topological polar surface area (TPSA) is 67.9 Å². The molecule has 1 N–H and O–H groups in total. The Bertz CT molecular complexity index is 1200. The van der Waals surface area contributed by atoms with Crippen molar-refractivity contribution >= 4 is 27.7 Å². The van der Waals surface area contributed by atoms with Crippen molar-refractivity contribution in [2.24, 2.45) is 5.92 Å². The molecule has 1 atom stereocenters. The van der Waals surface area contributed by atoms with Gasteiger partial charge in [-0.2, -0.15) is 0 Å². The van der Waals surface area contributed by atoms with Crippen LogP contribution in [0.4, 0.5) is 0 Å². The van der Waals surface area contributed by atoms with Crippen molar-refractivity contribution in [1.82, 2.24) is 10.2 Å². The molecule has 3 aromatic rings. The van der Waals surface area contributed by atoms with Gasteiger partial charge in [0.2, 0.25) is 11.8 Å². The maximum absolute atomic E-state index is 13.8. The monoisotopic (exact) mass is 580 g/mol. The molecule has 0 spiro atoms. The van der Waals surface area contributed by atoms with Crippen molar-refractivity contribution in [1.29, 1.82) is 0 Å². The molecule has 0 aliphatic carbocycles. The van der Waals surface area contributed by atoms with Crippen LogP contribution in [0.2, 0.25) is 0 Å². The first-order valence-corrected chi connectivity index (χ1v) is 13.7. The fraction of sp³-hybridized carbons (Fsp3) is 0.355. The number of hydrogen-bond donors (Lipinski definition) is 1. The van der Waals surface area contributed by atoms with Crippen molar-refractivity contribution in [3.8, 4) is 11.5 Å². The minimum Gasteiger partial charge on any atom is -0.493 e. The molecule has 3 aromatic carbocycles. The average Bonchev–Trinajstić information content (AvgIpc) is 2.92. The Labute approximate surface area is 234 Å². The van der Waals surface area contributed by atoms with E-state index in [1.807, 2.05) is 72.8 Å². The molecule has 0 aliphatic rings. The summed E-state index contributed by atoms with van der Waals surface area (Å²) in [5, 5.41) is 3.06. The van der Waals surface area contributed by atoms with Crippen molar-refractivity contribution in [2.75, 3.05) is 20.8 Å². The normalized spacial score (nSPS) is 11.6. The number of nitrogens with zero attached hydrogens (tertiary/aromatic N) is 1. The number of hydrogen-bond acceptors (Lipinski definition) is 4. The van der Waals surface area contributed by atoms with Gasteiger partial charge in [0, 0.05) is 30.4 Å². The molecule has 0 aromatic heterocycles. The number of benzene rings is 3. The molecular formula is C31H37BrN2O4. The highest BCUT2D eigenvalue weighted by Gasteiger charge is 2.30. The van der Waals surface area contributed by atoms with Crippen LogP contribution < -0.4 is 14.8 Å². The minimum absolute atomic E-state index is 0.0830. The molecule has 0 fully saturated rings. The van der Waals surface area contributed by atoms with E-state index in [0.29, 0.717) is 43.3 Å². The second kappa shape index (κ2) is 14.6. The fourth-order valence-corrected chi connectivity index (χ4v) is 4.69. The van der Waals surface area contributed by atoms with Gasteiger partial charge >= 0.3 is 0 Å². The molecule has 0 saturated heterocycles. The van der Waals surface area contributed by atoms with Crippen LogP contribution in [0.3, 0.4) is 0 Å². The molecule has 38 heavy (non-hydrogen) atoms. The van der Waals surface area contributed by atoms with Gasteiger partial charge in [-0.1, -0.05) is 78.3 Å². The van der Waals surface area contributed by atoms with Gasteiger partial charge < -0.3 is 19.7 Å². The molecule has 0 saturated carbocycles. The van der Waals surface area contributed by atoms with Gasteiger partial charge in [0.15, 0.2) is 11.5 Å². The Balaban J connectivity index is 1.90. The molecule has 1 unspecified atom stereocenters. The van der Waals surface area contributed by atoms with E-state index in [-0.39, 0.29) is 18.2 Å². The first-order valence-electron chi connectivity index (χ1n) is 12.9. The van der Waals surface area contributed by atoms with Gasteiger partial charge in [-0.05, 0) is 53.3 Å². The van der Waals surface area contributed by atoms with E-state index in [2.05, 4.69) is 35.1 Å². The summed E-state index contributed by atoms with van der Waals surface area (Å²) >= 11 is 3.53. The standard InChI is InChI=1S/C31H37BrN2O4/c1-22(2)20-33-31(36)27(18-23-9-6-5-7-10-23)34(21-25-11-8-12-26(32)17-25)30(35)16-14-24-13-15-28(37-3)29(19-24)38-4/h5-13,15,17,19,22,27H,14,16,18,20-21H2,1-4H3,(H,33,36). The van der Waals surface area contributed by atoms with E-state index < -0.39 is 6.04 Å². The quantitative estimate of drug-likeness (QED) is 0.277. The lowest BCUT2D eigenvalue weighted by Crippen LogP contribution is -2.51. The summed E-state index contributed by atoms with van der Waals surface area (Å²) in [4.78, 5) is 29.1. The smallest absolute Gasteiger partial charge is 0.243 e. The summed E-state index contributed by atoms with van der Waals surface area (Å²) < 4.78 is 11.7. The predicted octanol–water partition coefficient (Wildman–Crippen LogP) is 5.81. The Morgan fingerprint density at radius 3 is 2.24 bits per heavy atom. The summed E-state index contributed by atoms with van der Waals surface area (Å²) in [7, 11) is 3.19. The van der Waals surface area contributed by atoms with Crippen LogP contribution in [0.1, 0.15) is 37.0 Å². The van der Waals surface area contributed by atoms with Gasteiger partial charge in [-0.25, -0.2) is 0 Å². The van der Waals surface area contributed by atoms with Crippen molar-refractivity contribution in [3.63, 3.8) is 0 Å². The number of nitrogens with one attached hydrogen (secondary N) is 1. The number of aryl methyl sites for hydroxylation is 1. The number of carbonyl (C=O) groups excluding carboxylic acids is 2. The highest BCUT2D eigenvalue weighted by atomic mass is 79.9. The van der Waals surface area contributed by atoms with E-state index in [1.165, 1.54) is 0 Å². The number of ether oxygens (including phenoxy) is 2. The largest absolute Gasteiger partial charge is 0.493 e. The first-order chi connectivity index (χ1) is 18.3. The average molecular weight is 582 g/mol. The van der Waals surface area contributed by atoms with E-state index in [9.17, 15) is 9.59 Å². The van der Waals surface area contributed by atoms with Gasteiger partial charge in [0.1, 0.15) is 6.04 Å². The number of carbonyl (C=O) groups is 2. The predicted molar refractivity (Wildman–Crippen MR) is 154 cm³/mol. The molecule has 3 rings (SSSR count). The number of amides is 2. The van der Waals surface area contributed by atoms with E-state index in [1.54, 1.807) is 19.1 Å². The van der Waals surface area contributed by atoms with E-state index >= 15 is 0 Å². The zero-order chi connectivity index (χ0) is 27.5. The summed E-state index contributed by atoms with van der Waals surface area (Å²) in [6, 6.07) is 22.7. The Morgan fingerprint density at radius 2 is 1.58 bits per heavy atom. The zero-order valence-electron chi connectivity index (χ0n) is 22.6. The molecule has 7 heteroatoms. The second-order valence-corrected chi connectivity index (χ2v) is 10.6. The lowest BCUT2D eigenvalue weighted by Gasteiger charge is -2.32. The van der Waals surface area contributed by atoms with Crippen LogP contribution in [0.15, 0.2) is 77.3 Å². The summed E-state index contributed by atoms with van der Waals surface area (Å²) in [5.74, 6) is 1.34. The van der Waals surface area contributed by atoms with Gasteiger partial charge in [-0.15, -0.1) is 0 Å². The third-order valence-corrected chi connectivity index (χ3v) is 6.77. The van der Waals surface area contributed by atoms with Crippen LogP contribution in [-0.2, 0) is 29.0 Å². The molecule has 2 amide bonds. The Morgan fingerprint density at radius 1 is 0.868 bits per heavy atom. The SMILES string of the molecule is COc1ccc(CCC(=O)N(Cc2cccc(Br)c2)C(Cc2ccccc2)C(=O)NCC(C)C)cc1OC. The summed E-state index contributed by atoms with van der Waals surface area (Å²) in [5.41, 5.74) is 2.92. The molecule has 6 nitrogen and oxygen atoms in total. The molecular weight excluding hydrogens is 544 g/mol. The molecule has 0 aliphatic heterocycles. The minimum atomic E-state index is -0.645. The maximum atomic E-state index is 13.8. The van der Waals surface area contributed by atoms with Crippen LogP contribution >= 0.6 is 15.9 Å². The third-order valence-electron chi connectivity index (χ3n) is 6.27.